The number of pyridine rings is 1. The van der Waals surface area contributed by atoms with Crippen molar-refractivity contribution in [2.24, 2.45) is 5.73 Å². The third-order valence-corrected chi connectivity index (χ3v) is 4.32. The van der Waals surface area contributed by atoms with Crippen LogP contribution in [0.1, 0.15) is 32.6 Å². The Balaban J connectivity index is 1.52. The molecule has 0 unspecified atom stereocenters. The first-order valence-electron chi connectivity index (χ1n) is 7.61. The van der Waals surface area contributed by atoms with Gasteiger partial charge in [0, 0.05) is 25.5 Å². The zero-order valence-corrected chi connectivity index (χ0v) is 13.1. The molecule has 8 heteroatoms. The van der Waals surface area contributed by atoms with Crippen molar-refractivity contribution in [3.8, 4) is 0 Å². The van der Waals surface area contributed by atoms with Gasteiger partial charge in [0.15, 0.2) is 0 Å². The van der Waals surface area contributed by atoms with Crippen molar-refractivity contribution in [1.82, 2.24) is 24.1 Å². The number of fused-ring (bicyclic) bond motifs is 1. The van der Waals surface area contributed by atoms with Gasteiger partial charge in [0.2, 0.25) is 0 Å². The van der Waals surface area contributed by atoms with E-state index in [0.29, 0.717) is 30.0 Å². The lowest BCUT2D eigenvalue weighted by atomic mass is 10.1. The molecule has 0 aromatic carbocycles. The summed E-state index contributed by atoms with van der Waals surface area (Å²) >= 11 is 0. The van der Waals surface area contributed by atoms with Crippen molar-refractivity contribution in [3.05, 3.63) is 53.7 Å². The van der Waals surface area contributed by atoms with E-state index in [4.69, 9.17) is 5.73 Å². The maximum Gasteiger partial charge on any atom is 0.272 e. The molecular weight excluding hydrogens is 308 g/mol. The van der Waals surface area contributed by atoms with E-state index in [-0.39, 0.29) is 11.9 Å². The van der Waals surface area contributed by atoms with Gasteiger partial charge < -0.3 is 10.6 Å². The first kappa shape index (κ1) is 14.4. The third kappa shape index (κ3) is 2.15. The van der Waals surface area contributed by atoms with E-state index < -0.39 is 5.91 Å². The first-order chi connectivity index (χ1) is 11.5. The van der Waals surface area contributed by atoms with Gasteiger partial charge >= 0.3 is 0 Å². The topological polar surface area (TPSA) is 98.5 Å². The normalized spacial score (nSPS) is 14.8. The minimum Gasteiger partial charge on any atom is -0.366 e. The van der Waals surface area contributed by atoms with Crippen LogP contribution in [0.2, 0.25) is 0 Å². The number of hydrogen-bond acceptors (Lipinski definition) is 4. The average molecular weight is 324 g/mol. The Morgan fingerprint density at radius 2 is 2.08 bits per heavy atom. The predicted octanol–water partition coefficient (Wildman–Crippen LogP) is 0.635. The summed E-state index contributed by atoms with van der Waals surface area (Å²) < 4.78 is 3.50. The molecule has 4 heterocycles. The number of nitrogens with zero attached hydrogens (tertiary/aromatic N) is 5. The summed E-state index contributed by atoms with van der Waals surface area (Å²) in [7, 11) is 0. The highest BCUT2D eigenvalue weighted by Crippen LogP contribution is 2.24. The number of carbonyl (C=O) groups excluding carboxylic acids is 2. The average Bonchev–Trinajstić information content (AvgIpc) is 3.09. The molecule has 0 saturated carbocycles. The van der Waals surface area contributed by atoms with Crippen LogP contribution in [0.3, 0.4) is 0 Å². The quantitative estimate of drug-likeness (QED) is 0.764. The Morgan fingerprint density at radius 3 is 2.79 bits per heavy atom. The zero-order valence-electron chi connectivity index (χ0n) is 13.1. The second-order valence-corrected chi connectivity index (χ2v) is 5.91. The third-order valence-electron chi connectivity index (χ3n) is 4.32. The van der Waals surface area contributed by atoms with Gasteiger partial charge in [-0.1, -0.05) is 6.07 Å². The Bertz CT molecular complexity index is 951. The monoisotopic (exact) mass is 324 g/mol. The summed E-state index contributed by atoms with van der Waals surface area (Å²) in [5, 5.41) is 4.14. The number of aryl methyl sites for hydroxylation is 1. The largest absolute Gasteiger partial charge is 0.366 e. The summed E-state index contributed by atoms with van der Waals surface area (Å²) in [5.41, 5.74) is 7.66. The Morgan fingerprint density at radius 1 is 1.29 bits per heavy atom. The SMILES string of the molecule is Cc1nc2ccccn2c1C(=O)N1CC(n2cc(C(N)=O)cn2)C1. The molecule has 4 rings (SSSR count). The second-order valence-electron chi connectivity index (χ2n) is 5.91. The highest BCUT2D eigenvalue weighted by atomic mass is 16.2. The van der Waals surface area contributed by atoms with Crippen LogP contribution in [0.4, 0.5) is 0 Å². The van der Waals surface area contributed by atoms with E-state index in [1.54, 1.807) is 15.8 Å². The van der Waals surface area contributed by atoms with Gasteiger partial charge in [0.1, 0.15) is 11.3 Å². The predicted molar refractivity (Wildman–Crippen MR) is 85.6 cm³/mol. The Kier molecular flexibility index (Phi) is 3.12. The molecule has 2 N–H and O–H groups in total. The van der Waals surface area contributed by atoms with Crippen molar-refractivity contribution in [2.75, 3.05) is 13.1 Å². The van der Waals surface area contributed by atoms with E-state index in [9.17, 15) is 9.59 Å². The number of imidazole rings is 1. The minimum atomic E-state index is -0.505. The van der Waals surface area contributed by atoms with Crippen LogP contribution >= 0.6 is 0 Å². The van der Waals surface area contributed by atoms with Gasteiger partial charge in [-0.3, -0.25) is 18.7 Å². The number of nitrogens with two attached hydrogens (primary N) is 1. The number of likely N-dealkylation sites (tertiary alicyclic amines) is 1. The van der Waals surface area contributed by atoms with Gasteiger partial charge in [0.25, 0.3) is 11.8 Å². The van der Waals surface area contributed by atoms with Crippen LogP contribution < -0.4 is 5.73 Å². The van der Waals surface area contributed by atoms with Crippen LogP contribution in [0.15, 0.2) is 36.8 Å². The Hall–Kier alpha value is -3.16. The lowest BCUT2D eigenvalue weighted by Crippen LogP contribution is -2.51. The van der Waals surface area contributed by atoms with Crippen LogP contribution in [0.5, 0.6) is 0 Å². The van der Waals surface area contributed by atoms with Gasteiger partial charge in [-0.15, -0.1) is 0 Å². The maximum atomic E-state index is 12.8. The summed E-state index contributed by atoms with van der Waals surface area (Å²) in [4.78, 5) is 30.1. The molecular formula is C16H16N6O2. The van der Waals surface area contributed by atoms with Crippen LogP contribution in [-0.2, 0) is 0 Å². The first-order valence-corrected chi connectivity index (χ1v) is 7.61. The molecule has 0 atom stereocenters. The van der Waals surface area contributed by atoms with Gasteiger partial charge in [0.05, 0.1) is 23.5 Å². The lowest BCUT2D eigenvalue weighted by molar-refractivity contribution is 0.0493. The van der Waals surface area contributed by atoms with Gasteiger partial charge in [-0.05, 0) is 19.1 Å². The number of aromatic nitrogens is 4. The standard InChI is InChI=1S/C16H16N6O2/c1-10-14(21-5-3-2-4-13(21)19-10)16(24)20-8-12(9-20)22-7-11(6-18-22)15(17)23/h2-7,12H,8-9H2,1H3,(H2,17,23). The smallest absolute Gasteiger partial charge is 0.272 e. The molecule has 1 fully saturated rings. The van der Waals surface area contributed by atoms with Crippen molar-refractivity contribution in [1.29, 1.82) is 0 Å². The zero-order chi connectivity index (χ0) is 16.8. The summed E-state index contributed by atoms with van der Waals surface area (Å²) in [6.07, 6.45) is 4.90. The fourth-order valence-corrected chi connectivity index (χ4v) is 2.97. The highest BCUT2D eigenvalue weighted by Gasteiger charge is 2.35. The Labute approximate surface area is 137 Å². The lowest BCUT2D eigenvalue weighted by Gasteiger charge is -2.39. The molecule has 122 valence electrons. The van der Waals surface area contributed by atoms with E-state index in [1.165, 1.54) is 6.20 Å². The summed E-state index contributed by atoms with van der Waals surface area (Å²) in [6.45, 7) is 2.92. The molecule has 2 amide bonds. The van der Waals surface area contributed by atoms with E-state index >= 15 is 0 Å². The maximum absolute atomic E-state index is 12.8. The molecule has 1 saturated heterocycles. The highest BCUT2D eigenvalue weighted by molar-refractivity contribution is 5.95. The number of rotatable bonds is 3. The molecule has 0 bridgehead atoms. The number of hydrogen-bond donors (Lipinski definition) is 1. The molecule has 0 radical (unpaired) electrons. The van der Waals surface area contributed by atoms with E-state index in [0.717, 1.165) is 5.65 Å². The molecule has 24 heavy (non-hydrogen) atoms. The summed E-state index contributed by atoms with van der Waals surface area (Å²) in [5.74, 6) is -0.556. The fourth-order valence-electron chi connectivity index (χ4n) is 2.97. The van der Waals surface area contributed by atoms with Gasteiger partial charge in [-0.2, -0.15) is 5.10 Å². The number of primary amides is 1. The summed E-state index contributed by atoms with van der Waals surface area (Å²) in [6, 6.07) is 5.70. The van der Waals surface area contributed by atoms with Gasteiger partial charge in [-0.25, -0.2) is 4.98 Å². The molecule has 3 aromatic rings. The molecule has 1 aliphatic heterocycles. The molecule has 0 spiro atoms. The minimum absolute atomic E-state index is 0.0512. The van der Waals surface area contributed by atoms with E-state index in [1.807, 2.05) is 35.7 Å². The molecule has 8 nitrogen and oxygen atoms in total. The van der Waals surface area contributed by atoms with E-state index in [2.05, 4.69) is 10.1 Å². The van der Waals surface area contributed by atoms with Crippen LogP contribution in [0.25, 0.3) is 5.65 Å². The number of amides is 2. The molecule has 3 aromatic heterocycles. The van der Waals surface area contributed by atoms with Crippen LogP contribution in [-0.4, -0.2) is 49.0 Å². The molecule has 0 aliphatic carbocycles. The van der Waals surface area contributed by atoms with Crippen molar-refractivity contribution >= 4 is 17.5 Å². The van der Waals surface area contributed by atoms with Crippen LogP contribution in [0, 0.1) is 6.92 Å². The van der Waals surface area contributed by atoms with Crippen molar-refractivity contribution < 1.29 is 9.59 Å². The fraction of sp³-hybridized carbons (Fsp3) is 0.250. The van der Waals surface area contributed by atoms with Crippen molar-refractivity contribution in [3.63, 3.8) is 0 Å². The molecule has 1 aliphatic rings. The van der Waals surface area contributed by atoms with Crippen molar-refractivity contribution in [2.45, 2.75) is 13.0 Å². The number of carbonyl (C=O) groups is 2. The second kappa shape index (κ2) is 5.19.